The van der Waals surface area contributed by atoms with Crippen LogP contribution in [0, 0.1) is 5.41 Å². The zero-order valence-corrected chi connectivity index (χ0v) is 23.6. The average Bonchev–Trinajstić information content (AvgIpc) is 2.85. The number of rotatable bonds is 7. The summed E-state index contributed by atoms with van der Waals surface area (Å²) in [5, 5.41) is 7.64. The number of benzene rings is 2. The summed E-state index contributed by atoms with van der Waals surface area (Å²) in [6.07, 6.45) is 6.68. The first kappa shape index (κ1) is 26.0. The van der Waals surface area contributed by atoms with Crippen LogP contribution in [0.25, 0.3) is 0 Å². The van der Waals surface area contributed by atoms with Crippen molar-refractivity contribution in [3.63, 3.8) is 0 Å². The number of anilines is 4. The van der Waals surface area contributed by atoms with Gasteiger partial charge in [0.15, 0.2) is 5.82 Å². The van der Waals surface area contributed by atoms with Crippen molar-refractivity contribution in [2.24, 2.45) is 5.41 Å². The highest BCUT2D eigenvalue weighted by Gasteiger charge is 2.45. The van der Waals surface area contributed by atoms with Gasteiger partial charge in [-0.05, 0) is 100 Å². The lowest BCUT2D eigenvalue weighted by Gasteiger charge is -2.52. The van der Waals surface area contributed by atoms with Gasteiger partial charge < -0.3 is 24.8 Å². The molecule has 0 atom stereocenters. The Balaban J connectivity index is 1.32. The molecule has 2 aromatic carbocycles. The SMILES string of the molecule is COc1cc(C2CC3(CCN(C)CC3)C2)ccc1Nc1ncc(Cl)c(Nc2ccccc2P(C)(C)=O)n1. The molecule has 37 heavy (non-hydrogen) atoms. The Bertz CT molecular complexity index is 1330. The highest BCUT2D eigenvalue weighted by molar-refractivity contribution is 7.70. The molecule has 2 N–H and O–H groups in total. The Hall–Kier alpha value is -2.60. The average molecular weight is 540 g/mol. The summed E-state index contributed by atoms with van der Waals surface area (Å²) in [6, 6.07) is 13.9. The summed E-state index contributed by atoms with van der Waals surface area (Å²) in [5.74, 6) is 2.18. The number of para-hydroxylation sites is 1. The first-order valence-electron chi connectivity index (χ1n) is 12.7. The van der Waals surface area contributed by atoms with E-state index in [9.17, 15) is 4.57 Å². The summed E-state index contributed by atoms with van der Waals surface area (Å²) in [6.45, 7) is 5.90. The normalized spacial score (nSPS) is 17.9. The zero-order valence-electron chi connectivity index (χ0n) is 21.9. The molecule has 5 rings (SSSR count). The molecule has 3 aromatic rings. The Labute approximate surface area is 224 Å². The Morgan fingerprint density at radius 1 is 1.08 bits per heavy atom. The summed E-state index contributed by atoms with van der Waals surface area (Å²) in [4.78, 5) is 11.4. The molecule has 1 aromatic heterocycles. The van der Waals surface area contributed by atoms with Crippen LogP contribution in [-0.2, 0) is 4.57 Å². The Morgan fingerprint density at radius 3 is 2.51 bits per heavy atom. The monoisotopic (exact) mass is 539 g/mol. The Morgan fingerprint density at radius 2 is 1.81 bits per heavy atom. The van der Waals surface area contributed by atoms with Gasteiger partial charge >= 0.3 is 0 Å². The quantitative estimate of drug-likeness (QED) is 0.333. The highest BCUT2D eigenvalue weighted by atomic mass is 35.5. The lowest BCUT2D eigenvalue weighted by atomic mass is 9.56. The third kappa shape index (κ3) is 5.64. The third-order valence-electron chi connectivity index (χ3n) is 7.83. The predicted octanol–water partition coefficient (Wildman–Crippen LogP) is 6.46. The molecule has 1 aliphatic heterocycles. The number of likely N-dealkylation sites (tertiary alicyclic amines) is 1. The lowest BCUT2D eigenvalue weighted by molar-refractivity contribution is 0.0238. The second kappa shape index (κ2) is 10.3. The summed E-state index contributed by atoms with van der Waals surface area (Å²) in [5.41, 5.74) is 3.36. The second-order valence-electron chi connectivity index (χ2n) is 10.9. The van der Waals surface area contributed by atoms with Crippen molar-refractivity contribution >= 4 is 47.2 Å². The van der Waals surface area contributed by atoms with Gasteiger partial charge in [0.25, 0.3) is 0 Å². The number of aromatic nitrogens is 2. The van der Waals surface area contributed by atoms with Crippen molar-refractivity contribution in [1.29, 1.82) is 0 Å². The van der Waals surface area contributed by atoms with E-state index < -0.39 is 7.14 Å². The first-order valence-corrected chi connectivity index (χ1v) is 15.7. The minimum Gasteiger partial charge on any atom is -0.495 e. The predicted molar refractivity (Wildman–Crippen MR) is 153 cm³/mol. The zero-order chi connectivity index (χ0) is 26.2. The number of hydrogen-bond donors (Lipinski definition) is 2. The van der Waals surface area contributed by atoms with Crippen molar-refractivity contribution in [3.8, 4) is 5.75 Å². The number of hydrogen-bond acceptors (Lipinski definition) is 7. The highest BCUT2D eigenvalue weighted by Crippen LogP contribution is 2.57. The number of methoxy groups -OCH3 is 1. The molecule has 1 saturated carbocycles. The Kier molecular flexibility index (Phi) is 7.23. The molecule has 2 heterocycles. The minimum absolute atomic E-state index is 0.373. The molecule has 2 aliphatic rings. The van der Waals surface area contributed by atoms with E-state index in [0.717, 1.165) is 16.7 Å². The van der Waals surface area contributed by atoms with Gasteiger partial charge in [-0.25, -0.2) is 4.98 Å². The molecule has 1 aliphatic carbocycles. The van der Waals surface area contributed by atoms with Crippen LogP contribution in [0.2, 0.25) is 5.02 Å². The van der Waals surface area contributed by atoms with Crippen molar-refractivity contribution < 1.29 is 9.30 Å². The van der Waals surface area contributed by atoms with Gasteiger partial charge in [0, 0.05) is 5.30 Å². The van der Waals surface area contributed by atoms with Crippen molar-refractivity contribution in [2.75, 3.05) is 51.2 Å². The molecule has 0 radical (unpaired) electrons. The van der Waals surface area contributed by atoms with E-state index in [2.05, 4.69) is 44.7 Å². The van der Waals surface area contributed by atoms with Gasteiger partial charge in [-0.1, -0.05) is 29.8 Å². The van der Waals surface area contributed by atoms with Crippen LogP contribution in [0.15, 0.2) is 48.7 Å². The second-order valence-corrected chi connectivity index (χ2v) is 14.5. The fraction of sp³-hybridized carbons (Fsp3) is 0.429. The van der Waals surface area contributed by atoms with Gasteiger partial charge in [0.05, 0.1) is 24.7 Å². The maximum Gasteiger partial charge on any atom is 0.229 e. The smallest absolute Gasteiger partial charge is 0.229 e. The van der Waals surface area contributed by atoms with Gasteiger partial charge in [-0.15, -0.1) is 0 Å². The van der Waals surface area contributed by atoms with Crippen LogP contribution in [0.5, 0.6) is 5.75 Å². The molecule has 7 nitrogen and oxygen atoms in total. The summed E-state index contributed by atoms with van der Waals surface area (Å²) in [7, 11) is 1.41. The number of piperidine rings is 1. The maximum absolute atomic E-state index is 12.8. The topological polar surface area (TPSA) is 79.4 Å². The fourth-order valence-electron chi connectivity index (χ4n) is 5.60. The minimum atomic E-state index is -2.49. The van der Waals surface area contributed by atoms with E-state index in [1.807, 2.05) is 30.3 Å². The van der Waals surface area contributed by atoms with E-state index in [0.29, 0.717) is 33.8 Å². The van der Waals surface area contributed by atoms with Crippen molar-refractivity contribution in [1.82, 2.24) is 14.9 Å². The van der Waals surface area contributed by atoms with E-state index in [1.165, 1.54) is 44.3 Å². The van der Waals surface area contributed by atoms with Crippen LogP contribution in [0.3, 0.4) is 0 Å². The van der Waals surface area contributed by atoms with Crippen LogP contribution >= 0.6 is 18.7 Å². The van der Waals surface area contributed by atoms with Crippen LogP contribution in [0.4, 0.5) is 23.1 Å². The molecule has 196 valence electrons. The number of halogens is 1. The summed E-state index contributed by atoms with van der Waals surface area (Å²) < 4.78 is 18.5. The molecule has 1 saturated heterocycles. The molecule has 0 amide bonds. The standard InChI is InChI=1S/C28H35ClN5O2P/c1-34-13-11-28(12-14-34)16-20(17-28)19-9-10-22(24(15-19)36-2)32-27-30-18-21(29)26(33-27)31-23-7-5-6-8-25(23)37(3,4)35/h5-10,15,18,20H,11-14,16-17H2,1-4H3,(H2,30,31,32,33). The van der Waals surface area contributed by atoms with Gasteiger partial charge in [0.1, 0.15) is 17.9 Å². The number of ether oxygens (including phenoxy) is 1. The number of nitrogens with zero attached hydrogens (tertiary/aromatic N) is 3. The van der Waals surface area contributed by atoms with E-state index in [4.69, 9.17) is 16.3 Å². The maximum atomic E-state index is 12.8. The summed E-state index contributed by atoms with van der Waals surface area (Å²) >= 11 is 6.41. The van der Waals surface area contributed by atoms with E-state index in [-0.39, 0.29) is 0 Å². The fourth-order valence-corrected chi connectivity index (χ4v) is 6.89. The molecular formula is C28H35ClN5O2P. The van der Waals surface area contributed by atoms with Crippen LogP contribution < -0.4 is 20.7 Å². The van der Waals surface area contributed by atoms with Crippen LogP contribution in [0.1, 0.15) is 37.2 Å². The van der Waals surface area contributed by atoms with E-state index >= 15 is 0 Å². The van der Waals surface area contributed by atoms with Crippen molar-refractivity contribution in [3.05, 3.63) is 59.2 Å². The van der Waals surface area contributed by atoms with Gasteiger partial charge in [-0.2, -0.15) is 4.98 Å². The largest absolute Gasteiger partial charge is 0.495 e. The van der Waals surface area contributed by atoms with E-state index in [1.54, 1.807) is 26.6 Å². The molecule has 1 spiro atoms. The molecule has 0 bridgehead atoms. The molecule has 9 heteroatoms. The molecule has 2 fully saturated rings. The molecular weight excluding hydrogens is 505 g/mol. The van der Waals surface area contributed by atoms with Crippen molar-refractivity contribution in [2.45, 2.75) is 31.6 Å². The number of nitrogens with one attached hydrogen (secondary N) is 2. The lowest BCUT2D eigenvalue weighted by Crippen LogP contribution is -2.45. The van der Waals surface area contributed by atoms with Gasteiger partial charge in [0.2, 0.25) is 5.95 Å². The van der Waals surface area contributed by atoms with Crippen LogP contribution in [-0.4, -0.2) is 55.4 Å². The first-order chi connectivity index (χ1) is 17.7. The third-order valence-corrected chi connectivity index (χ3v) is 9.66. The van der Waals surface area contributed by atoms with Gasteiger partial charge in [-0.3, -0.25) is 0 Å². The molecule has 0 unspecified atom stereocenters.